The molecule has 0 heterocycles. The van der Waals surface area contributed by atoms with Crippen molar-refractivity contribution >= 4 is 11.6 Å². The highest BCUT2D eigenvalue weighted by atomic mass is 16.5. The monoisotopic (exact) mass is 335 g/mol. The van der Waals surface area contributed by atoms with E-state index in [9.17, 15) is 4.79 Å². The Morgan fingerprint density at radius 3 is 2.25 bits per heavy atom. The molecule has 0 unspecified atom stereocenters. The first-order valence-corrected chi connectivity index (χ1v) is 8.95. The largest absolute Gasteiger partial charge is 0.493 e. The summed E-state index contributed by atoms with van der Waals surface area (Å²) < 4.78 is 11.5. The zero-order valence-corrected chi connectivity index (χ0v) is 16.0. The summed E-state index contributed by atoms with van der Waals surface area (Å²) in [6, 6.07) is 7.49. The van der Waals surface area contributed by atoms with Gasteiger partial charge in [-0.05, 0) is 55.9 Å². The number of nitrogens with one attached hydrogen (secondary N) is 1. The first kappa shape index (κ1) is 20.5. The van der Waals surface area contributed by atoms with E-state index in [0.717, 1.165) is 17.9 Å². The van der Waals surface area contributed by atoms with Crippen molar-refractivity contribution in [3.05, 3.63) is 24.3 Å². The quantitative estimate of drug-likeness (QED) is 0.662. The summed E-state index contributed by atoms with van der Waals surface area (Å²) in [6.07, 6.45) is 1.58. The standard InChI is InChI=1S/C20H33NO3/c1-7-12-24-20(6,13-15(2)3)19(22)21-17-8-10-18(11-9-17)23-14-16(4)5/h8-11,15-16H,7,12-14H2,1-6H3,(H,21,22)/t20-/m0/s1. The Morgan fingerprint density at radius 2 is 1.75 bits per heavy atom. The number of ether oxygens (including phenoxy) is 2. The molecule has 0 saturated heterocycles. The molecule has 0 bridgehead atoms. The number of carbonyl (C=O) groups excluding carboxylic acids is 1. The number of carbonyl (C=O) groups is 1. The van der Waals surface area contributed by atoms with Gasteiger partial charge < -0.3 is 14.8 Å². The second-order valence-electron chi connectivity index (χ2n) is 7.36. The average Bonchev–Trinajstić information content (AvgIpc) is 2.51. The molecule has 1 N–H and O–H groups in total. The van der Waals surface area contributed by atoms with E-state index in [4.69, 9.17) is 9.47 Å². The normalized spacial score (nSPS) is 13.8. The molecule has 24 heavy (non-hydrogen) atoms. The molecule has 0 aliphatic heterocycles. The minimum absolute atomic E-state index is 0.0968. The van der Waals surface area contributed by atoms with Gasteiger partial charge in [0.15, 0.2) is 0 Å². The van der Waals surface area contributed by atoms with Gasteiger partial charge in [0.1, 0.15) is 11.4 Å². The van der Waals surface area contributed by atoms with E-state index < -0.39 is 5.60 Å². The van der Waals surface area contributed by atoms with E-state index in [2.05, 4.69) is 33.0 Å². The zero-order valence-electron chi connectivity index (χ0n) is 16.0. The molecule has 4 nitrogen and oxygen atoms in total. The summed E-state index contributed by atoms with van der Waals surface area (Å²) in [6.45, 7) is 13.6. The van der Waals surface area contributed by atoms with Crippen molar-refractivity contribution in [3.8, 4) is 5.75 Å². The van der Waals surface area contributed by atoms with Crippen LogP contribution in [0.2, 0.25) is 0 Å². The van der Waals surface area contributed by atoms with Crippen molar-refractivity contribution in [2.75, 3.05) is 18.5 Å². The molecule has 0 aliphatic rings. The van der Waals surface area contributed by atoms with Gasteiger partial charge in [-0.15, -0.1) is 0 Å². The van der Waals surface area contributed by atoms with Crippen LogP contribution in [0.1, 0.15) is 54.4 Å². The smallest absolute Gasteiger partial charge is 0.256 e. The van der Waals surface area contributed by atoms with Gasteiger partial charge in [-0.2, -0.15) is 0 Å². The molecule has 136 valence electrons. The molecular formula is C20H33NO3. The predicted molar refractivity (Wildman–Crippen MR) is 99.5 cm³/mol. The van der Waals surface area contributed by atoms with Crippen molar-refractivity contribution in [1.82, 2.24) is 0 Å². The highest BCUT2D eigenvalue weighted by Crippen LogP contribution is 2.24. The highest BCUT2D eigenvalue weighted by molar-refractivity contribution is 5.97. The van der Waals surface area contributed by atoms with Gasteiger partial charge in [0.2, 0.25) is 0 Å². The lowest BCUT2D eigenvalue weighted by Gasteiger charge is -2.30. The number of rotatable bonds is 10. The minimum Gasteiger partial charge on any atom is -0.493 e. The van der Waals surface area contributed by atoms with Gasteiger partial charge in [0.05, 0.1) is 6.61 Å². The number of amides is 1. The Balaban J connectivity index is 2.72. The molecule has 0 fully saturated rings. The first-order valence-electron chi connectivity index (χ1n) is 8.95. The van der Waals surface area contributed by atoms with Gasteiger partial charge in [-0.25, -0.2) is 0 Å². The molecule has 1 aromatic carbocycles. The number of hydrogen-bond acceptors (Lipinski definition) is 3. The minimum atomic E-state index is -0.809. The van der Waals surface area contributed by atoms with E-state index in [-0.39, 0.29) is 5.91 Å². The Labute approximate surface area is 146 Å². The van der Waals surface area contributed by atoms with Gasteiger partial charge in [0.25, 0.3) is 5.91 Å². The zero-order chi connectivity index (χ0) is 18.2. The van der Waals surface area contributed by atoms with E-state index in [0.29, 0.717) is 31.5 Å². The summed E-state index contributed by atoms with van der Waals surface area (Å²) >= 11 is 0. The fourth-order valence-electron chi connectivity index (χ4n) is 2.48. The Hall–Kier alpha value is -1.55. The van der Waals surface area contributed by atoms with Crippen molar-refractivity contribution in [3.63, 3.8) is 0 Å². The maximum atomic E-state index is 12.7. The Kier molecular flexibility index (Phi) is 8.26. The summed E-state index contributed by atoms with van der Waals surface area (Å²) in [5, 5.41) is 2.97. The van der Waals surface area contributed by atoms with Gasteiger partial charge >= 0.3 is 0 Å². The van der Waals surface area contributed by atoms with Crippen LogP contribution in [0.5, 0.6) is 5.75 Å². The molecule has 0 saturated carbocycles. The lowest BCUT2D eigenvalue weighted by atomic mass is 9.93. The van der Waals surface area contributed by atoms with Gasteiger partial charge in [-0.3, -0.25) is 4.79 Å². The molecular weight excluding hydrogens is 302 g/mol. The molecule has 0 spiro atoms. The average molecular weight is 335 g/mol. The molecule has 1 amide bonds. The fraction of sp³-hybridized carbons (Fsp3) is 0.650. The number of benzene rings is 1. The highest BCUT2D eigenvalue weighted by Gasteiger charge is 2.34. The molecule has 0 radical (unpaired) electrons. The topological polar surface area (TPSA) is 47.6 Å². The third-order valence-electron chi connectivity index (χ3n) is 3.60. The maximum absolute atomic E-state index is 12.7. The third kappa shape index (κ3) is 6.91. The van der Waals surface area contributed by atoms with Crippen molar-refractivity contribution < 1.29 is 14.3 Å². The lowest BCUT2D eigenvalue weighted by Crippen LogP contribution is -2.44. The summed E-state index contributed by atoms with van der Waals surface area (Å²) in [5.41, 5.74) is -0.0521. The molecule has 0 aromatic heterocycles. The first-order chi connectivity index (χ1) is 11.3. The third-order valence-corrected chi connectivity index (χ3v) is 3.60. The summed E-state index contributed by atoms with van der Waals surface area (Å²) in [5.74, 6) is 1.58. The van der Waals surface area contributed by atoms with Crippen LogP contribution in [0, 0.1) is 11.8 Å². The number of hydrogen-bond donors (Lipinski definition) is 1. The van der Waals surface area contributed by atoms with E-state index in [1.165, 1.54) is 0 Å². The van der Waals surface area contributed by atoms with Crippen molar-refractivity contribution in [2.24, 2.45) is 11.8 Å². The Bertz CT molecular complexity index is 496. The van der Waals surface area contributed by atoms with Gasteiger partial charge in [-0.1, -0.05) is 34.6 Å². The second kappa shape index (κ2) is 9.67. The van der Waals surface area contributed by atoms with E-state index in [1.54, 1.807) is 0 Å². The van der Waals surface area contributed by atoms with Crippen LogP contribution < -0.4 is 10.1 Å². The van der Waals surface area contributed by atoms with Crippen LogP contribution in [0.4, 0.5) is 5.69 Å². The van der Waals surface area contributed by atoms with Crippen LogP contribution in [0.3, 0.4) is 0 Å². The predicted octanol–water partition coefficient (Wildman–Crippen LogP) is 4.89. The fourth-order valence-corrected chi connectivity index (χ4v) is 2.48. The second-order valence-corrected chi connectivity index (χ2v) is 7.36. The van der Waals surface area contributed by atoms with Crippen molar-refractivity contribution in [1.29, 1.82) is 0 Å². The SMILES string of the molecule is CCCO[C@@](C)(CC(C)C)C(=O)Nc1ccc(OCC(C)C)cc1. The van der Waals surface area contributed by atoms with Crippen LogP contribution in [-0.2, 0) is 9.53 Å². The molecule has 4 heteroatoms. The molecule has 1 atom stereocenters. The summed E-state index contributed by atoms with van der Waals surface area (Å²) in [4.78, 5) is 12.7. The van der Waals surface area contributed by atoms with Crippen LogP contribution in [0.15, 0.2) is 24.3 Å². The van der Waals surface area contributed by atoms with E-state index in [1.807, 2.05) is 38.1 Å². The molecule has 1 aromatic rings. The van der Waals surface area contributed by atoms with Crippen LogP contribution in [-0.4, -0.2) is 24.7 Å². The van der Waals surface area contributed by atoms with E-state index >= 15 is 0 Å². The maximum Gasteiger partial charge on any atom is 0.256 e. The summed E-state index contributed by atoms with van der Waals surface area (Å²) in [7, 11) is 0. The van der Waals surface area contributed by atoms with Crippen LogP contribution >= 0.6 is 0 Å². The lowest BCUT2D eigenvalue weighted by molar-refractivity contribution is -0.141. The number of anilines is 1. The van der Waals surface area contributed by atoms with Gasteiger partial charge in [0, 0.05) is 12.3 Å². The Morgan fingerprint density at radius 1 is 1.12 bits per heavy atom. The molecule has 1 rings (SSSR count). The van der Waals surface area contributed by atoms with Crippen LogP contribution in [0.25, 0.3) is 0 Å². The van der Waals surface area contributed by atoms with Crippen molar-refractivity contribution in [2.45, 2.75) is 60.0 Å². The molecule has 0 aliphatic carbocycles.